The van der Waals surface area contributed by atoms with Gasteiger partial charge in [-0.15, -0.1) is 0 Å². The molecule has 3 rings (SSSR count). The molecule has 3 nitrogen and oxygen atoms in total. The van der Waals surface area contributed by atoms with Crippen molar-refractivity contribution in [2.45, 2.75) is 20.4 Å². The van der Waals surface area contributed by atoms with Gasteiger partial charge < -0.3 is 0 Å². The van der Waals surface area contributed by atoms with Crippen molar-refractivity contribution in [2.24, 2.45) is 5.10 Å². The minimum Gasteiger partial charge on any atom is -0.295 e. The molecule has 24 heavy (non-hydrogen) atoms. The van der Waals surface area contributed by atoms with Crippen molar-refractivity contribution in [3.63, 3.8) is 0 Å². The zero-order valence-corrected chi connectivity index (χ0v) is 16.0. The maximum absolute atomic E-state index is 4.80. The molecule has 0 aliphatic carbocycles. The molecular formula is C20H24BrN3. The number of piperazine rings is 1. The highest BCUT2D eigenvalue weighted by atomic mass is 79.9. The molecule has 0 N–H and O–H groups in total. The molecule has 0 spiro atoms. The average Bonchev–Trinajstić information content (AvgIpc) is 2.59. The van der Waals surface area contributed by atoms with Gasteiger partial charge in [-0.05, 0) is 37.1 Å². The second-order valence-electron chi connectivity index (χ2n) is 6.41. The van der Waals surface area contributed by atoms with Crippen LogP contribution in [-0.4, -0.2) is 41.8 Å². The lowest BCUT2D eigenvalue weighted by Crippen LogP contribution is -2.43. The molecule has 1 heterocycles. The Morgan fingerprint density at radius 1 is 1.04 bits per heavy atom. The predicted molar refractivity (Wildman–Crippen MR) is 104 cm³/mol. The normalized spacial score (nSPS) is 16.5. The van der Waals surface area contributed by atoms with Crippen molar-refractivity contribution in [3.8, 4) is 0 Å². The molecule has 1 fully saturated rings. The summed E-state index contributed by atoms with van der Waals surface area (Å²) >= 11 is 3.52. The quantitative estimate of drug-likeness (QED) is 0.730. The summed E-state index contributed by atoms with van der Waals surface area (Å²) in [5.41, 5.74) is 4.96. The maximum Gasteiger partial charge on any atom is 0.0647 e. The highest BCUT2D eigenvalue weighted by Crippen LogP contribution is 2.14. The largest absolute Gasteiger partial charge is 0.295 e. The molecule has 0 bridgehead atoms. The minimum absolute atomic E-state index is 0.983. The lowest BCUT2D eigenvalue weighted by atomic mass is 10.1. The van der Waals surface area contributed by atoms with E-state index in [1.807, 2.05) is 6.07 Å². The van der Waals surface area contributed by atoms with Crippen molar-refractivity contribution in [1.82, 2.24) is 9.91 Å². The van der Waals surface area contributed by atoms with Crippen molar-refractivity contribution in [2.75, 3.05) is 26.2 Å². The van der Waals surface area contributed by atoms with Gasteiger partial charge in [0.15, 0.2) is 0 Å². The SMILES string of the molecule is C/C(=N\N1CCN(Cc2ccc(C)cc2)CC1)c1cccc(Br)c1. The van der Waals surface area contributed by atoms with Crippen molar-refractivity contribution < 1.29 is 0 Å². The van der Waals surface area contributed by atoms with Gasteiger partial charge in [0.2, 0.25) is 0 Å². The minimum atomic E-state index is 0.983. The summed E-state index contributed by atoms with van der Waals surface area (Å²) in [4.78, 5) is 2.51. The number of rotatable bonds is 4. The van der Waals surface area contributed by atoms with Crippen molar-refractivity contribution >= 4 is 21.6 Å². The van der Waals surface area contributed by atoms with Crippen LogP contribution in [0.5, 0.6) is 0 Å². The first-order chi connectivity index (χ1) is 11.6. The Balaban J connectivity index is 1.55. The second-order valence-corrected chi connectivity index (χ2v) is 7.33. The molecule has 0 radical (unpaired) electrons. The van der Waals surface area contributed by atoms with Gasteiger partial charge in [-0.25, -0.2) is 0 Å². The van der Waals surface area contributed by atoms with Crippen LogP contribution in [0.25, 0.3) is 0 Å². The monoisotopic (exact) mass is 385 g/mol. The Morgan fingerprint density at radius 3 is 2.42 bits per heavy atom. The lowest BCUT2D eigenvalue weighted by molar-refractivity contribution is 0.130. The Kier molecular flexibility index (Phi) is 5.69. The van der Waals surface area contributed by atoms with Crippen LogP contribution < -0.4 is 0 Å². The van der Waals surface area contributed by atoms with E-state index in [-0.39, 0.29) is 0 Å². The summed E-state index contributed by atoms with van der Waals surface area (Å²) in [6, 6.07) is 17.2. The number of nitrogens with zero attached hydrogens (tertiary/aromatic N) is 3. The van der Waals surface area contributed by atoms with Gasteiger partial charge in [0, 0.05) is 37.2 Å². The zero-order valence-electron chi connectivity index (χ0n) is 14.4. The predicted octanol–water partition coefficient (Wildman–Crippen LogP) is 4.30. The third-order valence-electron chi connectivity index (χ3n) is 4.41. The van der Waals surface area contributed by atoms with Crippen LogP contribution in [0.1, 0.15) is 23.6 Å². The van der Waals surface area contributed by atoms with Crippen LogP contribution >= 0.6 is 15.9 Å². The summed E-state index contributed by atoms with van der Waals surface area (Å²) in [7, 11) is 0. The molecule has 0 unspecified atom stereocenters. The number of benzene rings is 2. The number of halogens is 1. The zero-order chi connectivity index (χ0) is 16.9. The summed E-state index contributed by atoms with van der Waals surface area (Å²) in [6.07, 6.45) is 0. The lowest BCUT2D eigenvalue weighted by Gasteiger charge is -2.33. The molecule has 0 aromatic heterocycles. The van der Waals surface area contributed by atoms with E-state index in [1.54, 1.807) is 0 Å². The third-order valence-corrected chi connectivity index (χ3v) is 4.90. The molecule has 0 amide bonds. The van der Waals surface area contributed by atoms with E-state index in [0.29, 0.717) is 0 Å². The Hall–Kier alpha value is -1.65. The highest BCUT2D eigenvalue weighted by molar-refractivity contribution is 9.10. The Labute approximate surface area is 153 Å². The van der Waals surface area contributed by atoms with Gasteiger partial charge in [-0.2, -0.15) is 5.10 Å². The standard InChI is InChI=1S/C20H24BrN3/c1-16-6-8-18(9-7-16)15-23-10-12-24(13-11-23)22-17(2)19-4-3-5-20(21)14-19/h3-9,14H,10-13,15H2,1-2H3/b22-17+. The first-order valence-corrected chi connectivity index (χ1v) is 9.23. The fourth-order valence-corrected chi connectivity index (χ4v) is 3.33. The van der Waals surface area contributed by atoms with Crippen LogP contribution in [-0.2, 0) is 6.54 Å². The molecule has 1 aliphatic heterocycles. The molecule has 1 aliphatic rings. The smallest absolute Gasteiger partial charge is 0.0647 e. The number of hydrogen-bond donors (Lipinski definition) is 0. The summed E-state index contributed by atoms with van der Waals surface area (Å²) < 4.78 is 1.09. The summed E-state index contributed by atoms with van der Waals surface area (Å²) in [5.74, 6) is 0. The molecule has 126 valence electrons. The van der Waals surface area contributed by atoms with Gasteiger partial charge in [0.05, 0.1) is 5.71 Å². The van der Waals surface area contributed by atoms with Crippen molar-refractivity contribution in [1.29, 1.82) is 0 Å². The number of aryl methyl sites for hydroxylation is 1. The van der Waals surface area contributed by atoms with E-state index in [9.17, 15) is 0 Å². The summed E-state index contributed by atoms with van der Waals surface area (Å²) in [5, 5.41) is 7.00. The van der Waals surface area contributed by atoms with E-state index < -0.39 is 0 Å². The maximum atomic E-state index is 4.80. The molecule has 0 atom stereocenters. The summed E-state index contributed by atoms with van der Waals surface area (Å²) in [6.45, 7) is 9.33. The molecule has 0 saturated carbocycles. The average molecular weight is 386 g/mol. The third kappa shape index (κ3) is 4.68. The van der Waals surface area contributed by atoms with Crippen LogP contribution in [0.2, 0.25) is 0 Å². The van der Waals surface area contributed by atoms with Crippen LogP contribution in [0, 0.1) is 6.92 Å². The van der Waals surface area contributed by atoms with Gasteiger partial charge in [-0.3, -0.25) is 9.91 Å². The highest BCUT2D eigenvalue weighted by Gasteiger charge is 2.16. The Bertz CT molecular complexity index is 701. The number of hydrogen-bond acceptors (Lipinski definition) is 3. The first-order valence-electron chi connectivity index (χ1n) is 8.44. The number of hydrazone groups is 1. The van der Waals surface area contributed by atoms with Gasteiger partial charge in [0.25, 0.3) is 0 Å². The van der Waals surface area contributed by atoms with E-state index >= 15 is 0 Å². The molecule has 1 saturated heterocycles. The molecule has 2 aromatic carbocycles. The van der Waals surface area contributed by atoms with E-state index in [1.165, 1.54) is 16.7 Å². The van der Waals surface area contributed by atoms with Crippen molar-refractivity contribution in [3.05, 3.63) is 69.7 Å². The van der Waals surface area contributed by atoms with E-state index in [4.69, 9.17) is 5.10 Å². The van der Waals surface area contributed by atoms with Crippen LogP contribution in [0.15, 0.2) is 58.1 Å². The first kappa shape index (κ1) is 17.2. The molecular weight excluding hydrogens is 362 g/mol. The van der Waals surface area contributed by atoms with E-state index in [0.717, 1.165) is 42.9 Å². The van der Waals surface area contributed by atoms with Gasteiger partial charge in [0.1, 0.15) is 0 Å². The van der Waals surface area contributed by atoms with Gasteiger partial charge >= 0.3 is 0 Å². The van der Waals surface area contributed by atoms with E-state index in [2.05, 4.69) is 82.2 Å². The fourth-order valence-electron chi connectivity index (χ4n) is 2.93. The Morgan fingerprint density at radius 2 is 1.75 bits per heavy atom. The van der Waals surface area contributed by atoms with Gasteiger partial charge in [-0.1, -0.05) is 57.9 Å². The van der Waals surface area contributed by atoms with Crippen LogP contribution in [0.3, 0.4) is 0 Å². The second kappa shape index (κ2) is 7.95. The molecule has 2 aromatic rings. The van der Waals surface area contributed by atoms with Crippen LogP contribution in [0.4, 0.5) is 0 Å². The molecule has 4 heteroatoms. The fraction of sp³-hybridized carbons (Fsp3) is 0.350. The topological polar surface area (TPSA) is 18.8 Å².